The van der Waals surface area contributed by atoms with Crippen LogP contribution in [0.2, 0.25) is 0 Å². The summed E-state index contributed by atoms with van der Waals surface area (Å²) in [6.45, 7) is 6.27. The number of methoxy groups -OCH3 is 1. The maximum atomic E-state index is 12.9. The molecule has 150 valence electrons. The van der Waals surface area contributed by atoms with Crippen molar-refractivity contribution >= 4 is 34.6 Å². The van der Waals surface area contributed by atoms with Crippen molar-refractivity contribution in [2.75, 3.05) is 13.7 Å². The molecule has 1 heterocycles. The third kappa shape index (κ3) is 4.12. The Morgan fingerprint density at radius 1 is 1.31 bits per heavy atom. The van der Waals surface area contributed by atoms with E-state index in [4.69, 9.17) is 9.47 Å². The molecule has 0 amide bonds. The summed E-state index contributed by atoms with van der Waals surface area (Å²) in [5.74, 6) is -0.162. The SMILES string of the molecule is C=c1[nH]n(-c2ccc(C(=O)[O-])cc2)c(=O)/c1=C/c1cc(Br)c(OCC)c(OC)c1. The number of nitrogens with zero attached hydrogens (tertiary/aromatic N) is 1. The van der Waals surface area contributed by atoms with Gasteiger partial charge in [0.2, 0.25) is 0 Å². The van der Waals surface area contributed by atoms with Crippen LogP contribution in [0.25, 0.3) is 18.3 Å². The second-order valence-electron chi connectivity index (χ2n) is 6.09. The van der Waals surface area contributed by atoms with Gasteiger partial charge < -0.3 is 19.4 Å². The van der Waals surface area contributed by atoms with Crippen molar-refractivity contribution < 1.29 is 19.4 Å². The van der Waals surface area contributed by atoms with Crippen LogP contribution >= 0.6 is 15.9 Å². The van der Waals surface area contributed by atoms with Gasteiger partial charge >= 0.3 is 0 Å². The minimum Gasteiger partial charge on any atom is -0.545 e. The number of aromatic carboxylic acids is 1. The lowest BCUT2D eigenvalue weighted by molar-refractivity contribution is -0.255. The van der Waals surface area contributed by atoms with Crippen molar-refractivity contribution in [1.29, 1.82) is 0 Å². The van der Waals surface area contributed by atoms with Crippen LogP contribution in [0.1, 0.15) is 22.8 Å². The number of carboxylic acid groups (broad SMARTS) is 1. The van der Waals surface area contributed by atoms with E-state index in [0.29, 0.717) is 38.8 Å². The highest BCUT2D eigenvalue weighted by atomic mass is 79.9. The summed E-state index contributed by atoms with van der Waals surface area (Å²) in [5.41, 5.74) is 0.911. The number of nitrogens with one attached hydrogen (secondary N) is 1. The normalized spacial score (nSPS) is 11.5. The van der Waals surface area contributed by atoms with E-state index in [0.717, 1.165) is 5.56 Å². The molecule has 8 heteroatoms. The number of hydrogen-bond donors (Lipinski definition) is 1. The summed E-state index contributed by atoms with van der Waals surface area (Å²) in [6, 6.07) is 9.36. The van der Waals surface area contributed by atoms with E-state index in [1.165, 1.54) is 28.9 Å². The molecule has 0 aliphatic rings. The molecule has 0 atom stereocenters. The number of carbonyl (C=O) groups excluding carboxylic acids is 1. The van der Waals surface area contributed by atoms with Gasteiger partial charge in [0, 0.05) is 0 Å². The van der Waals surface area contributed by atoms with Crippen LogP contribution in [0.15, 0.2) is 45.7 Å². The van der Waals surface area contributed by atoms with Gasteiger partial charge in [0.15, 0.2) is 11.5 Å². The largest absolute Gasteiger partial charge is 0.545 e. The van der Waals surface area contributed by atoms with Gasteiger partial charge in [-0.3, -0.25) is 9.89 Å². The molecule has 1 aromatic heterocycles. The number of hydrogen-bond acceptors (Lipinski definition) is 5. The number of ether oxygens (including phenoxy) is 2. The zero-order valence-corrected chi connectivity index (χ0v) is 17.4. The number of benzene rings is 2. The third-order valence-electron chi connectivity index (χ3n) is 4.22. The van der Waals surface area contributed by atoms with Crippen LogP contribution in [0, 0.1) is 0 Å². The van der Waals surface area contributed by atoms with E-state index in [2.05, 4.69) is 27.6 Å². The Labute approximate surface area is 174 Å². The van der Waals surface area contributed by atoms with E-state index in [-0.39, 0.29) is 11.1 Å². The van der Waals surface area contributed by atoms with E-state index >= 15 is 0 Å². The summed E-state index contributed by atoms with van der Waals surface area (Å²) in [5, 5.41) is 14.6. The monoisotopic (exact) mass is 457 g/mol. The third-order valence-corrected chi connectivity index (χ3v) is 4.81. The second-order valence-corrected chi connectivity index (χ2v) is 6.94. The summed E-state index contributed by atoms with van der Waals surface area (Å²) in [6.07, 6.45) is 1.69. The lowest BCUT2D eigenvalue weighted by Crippen LogP contribution is -2.34. The fourth-order valence-electron chi connectivity index (χ4n) is 2.85. The van der Waals surface area contributed by atoms with Crippen LogP contribution in [-0.4, -0.2) is 29.5 Å². The Kier molecular flexibility index (Phi) is 5.93. The predicted molar refractivity (Wildman–Crippen MR) is 111 cm³/mol. The first kappa shape index (κ1) is 20.5. The van der Waals surface area contributed by atoms with Crippen molar-refractivity contribution in [3.05, 3.63) is 72.9 Å². The van der Waals surface area contributed by atoms with Gasteiger partial charge in [-0.1, -0.05) is 18.7 Å². The van der Waals surface area contributed by atoms with Gasteiger partial charge in [-0.15, -0.1) is 0 Å². The van der Waals surface area contributed by atoms with Gasteiger partial charge in [0.1, 0.15) is 0 Å². The molecule has 3 rings (SSSR count). The van der Waals surface area contributed by atoms with Crippen LogP contribution in [0.4, 0.5) is 0 Å². The standard InChI is InChI=1S/C21H19BrN2O5/c1-4-29-19-17(22)10-13(11-18(19)28-3)9-16-12(2)23-24(20(16)25)15-7-5-14(6-8-15)21(26)27/h5-11,23H,2,4H2,1,3H3,(H,26,27)/p-1/b16-9+. The molecule has 0 saturated heterocycles. The smallest absolute Gasteiger partial charge is 0.279 e. The van der Waals surface area contributed by atoms with E-state index in [1.807, 2.05) is 13.0 Å². The maximum absolute atomic E-state index is 12.9. The Morgan fingerprint density at radius 2 is 2.00 bits per heavy atom. The molecule has 0 radical (unpaired) electrons. The molecule has 0 saturated carbocycles. The van der Waals surface area contributed by atoms with Crippen molar-refractivity contribution in [3.63, 3.8) is 0 Å². The predicted octanol–water partition coefficient (Wildman–Crippen LogP) is 0.938. The second kappa shape index (κ2) is 8.40. The van der Waals surface area contributed by atoms with Crippen LogP contribution in [0.3, 0.4) is 0 Å². The molecule has 7 nitrogen and oxygen atoms in total. The van der Waals surface area contributed by atoms with Crippen molar-refractivity contribution in [1.82, 2.24) is 9.78 Å². The molecule has 0 spiro atoms. The fraction of sp³-hybridized carbons (Fsp3) is 0.143. The number of aromatic amines is 1. The fourth-order valence-corrected chi connectivity index (χ4v) is 3.42. The van der Waals surface area contributed by atoms with Crippen LogP contribution in [-0.2, 0) is 0 Å². The lowest BCUT2D eigenvalue weighted by atomic mass is 10.1. The maximum Gasteiger partial charge on any atom is 0.279 e. The summed E-state index contributed by atoms with van der Waals surface area (Å²) in [4.78, 5) is 23.8. The highest BCUT2D eigenvalue weighted by molar-refractivity contribution is 9.10. The Bertz CT molecular complexity index is 1230. The van der Waals surface area contributed by atoms with Gasteiger partial charge in [-0.2, -0.15) is 0 Å². The average Bonchev–Trinajstić information content (AvgIpc) is 2.98. The molecule has 0 bridgehead atoms. The molecule has 2 aromatic carbocycles. The van der Waals surface area contributed by atoms with Crippen LogP contribution in [0.5, 0.6) is 11.5 Å². The first-order chi connectivity index (χ1) is 13.8. The number of halogens is 1. The number of aromatic nitrogens is 2. The number of H-pyrrole nitrogens is 1. The van der Waals surface area contributed by atoms with Gasteiger partial charge in [0.25, 0.3) is 5.56 Å². The average molecular weight is 458 g/mol. The molecule has 1 N–H and O–H groups in total. The molecule has 0 fully saturated rings. The van der Waals surface area contributed by atoms with Crippen molar-refractivity contribution in [3.8, 4) is 17.2 Å². The minimum atomic E-state index is -1.28. The Morgan fingerprint density at radius 3 is 2.59 bits per heavy atom. The van der Waals surface area contributed by atoms with Crippen LogP contribution < -0.4 is 30.7 Å². The van der Waals surface area contributed by atoms with Gasteiger partial charge in [0.05, 0.1) is 40.4 Å². The molecule has 29 heavy (non-hydrogen) atoms. The van der Waals surface area contributed by atoms with E-state index in [1.54, 1.807) is 19.3 Å². The zero-order valence-electron chi connectivity index (χ0n) is 15.8. The van der Waals surface area contributed by atoms with Gasteiger partial charge in [-0.05, 0) is 64.3 Å². The highest BCUT2D eigenvalue weighted by Gasteiger charge is 2.11. The van der Waals surface area contributed by atoms with Crippen molar-refractivity contribution in [2.24, 2.45) is 0 Å². The molecule has 3 aromatic rings. The molecule has 0 unspecified atom stereocenters. The topological polar surface area (TPSA) is 96.4 Å². The highest BCUT2D eigenvalue weighted by Crippen LogP contribution is 2.36. The Balaban J connectivity index is 2.10. The number of carbonyl (C=O) groups is 1. The van der Waals surface area contributed by atoms with Crippen molar-refractivity contribution in [2.45, 2.75) is 6.92 Å². The first-order valence-electron chi connectivity index (χ1n) is 8.69. The number of rotatable bonds is 6. The molecular formula is C21H18BrN2O5-. The first-order valence-corrected chi connectivity index (χ1v) is 9.48. The lowest BCUT2D eigenvalue weighted by Gasteiger charge is -2.12. The zero-order chi connectivity index (χ0) is 21.1. The van der Waals surface area contributed by atoms with E-state index in [9.17, 15) is 14.7 Å². The number of carboxylic acids is 1. The minimum absolute atomic E-state index is 0.0290. The van der Waals surface area contributed by atoms with Gasteiger partial charge in [-0.25, -0.2) is 4.68 Å². The quantitative estimate of drug-likeness (QED) is 0.593. The van der Waals surface area contributed by atoms with E-state index < -0.39 is 5.97 Å². The Hall–Kier alpha value is -3.26. The summed E-state index contributed by atoms with van der Waals surface area (Å²) >= 11 is 3.47. The molecular weight excluding hydrogens is 440 g/mol. The molecule has 0 aliphatic carbocycles. The summed E-state index contributed by atoms with van der Waals surface area (Å²) in [7, 11) is 1.54. The summed E-state index contributed by atoms with van der Waals surface area (Å²) < 4.78 is 13.0. The molecule has 0 aliphatic heterocycles.